The molecule has 3 aromatic rings. The molecule has 0 radical (unpaired) electrons. The van der Waals surface area contributed by atoms with E-state index in [1.807, 2.05) is 31.3 Å². The van der Waals surface area contributed by atoms with Crippen molar-refractivity contribution in [3.8, 4) is 28.1 Å². The third-order valence-electron chi connectivity index (χ3n) is 3.29. The fraction of sp³-hybridized carbons (Fsp3) is 0.133. The summed E-state index contributed by atoms with van der Waals surface area (Å²) in [7, 11) is 3.52. The minimum absolute atomic E-state index is 0.652. The summed E-state index contributed by atoms with van der Waals surface area (Å²) in [6.07, 6.45) is 0. The number of aryl methyl sites for hydroxylation is 1. The number of nitrogens with zero attached hydrogens (tertiary/aromatic N) is 2. The summed E-state index contributed by atoms with van der Waals surface area (Å²) in [5.74, 6) is 1.46. The Hall–Kier alpha value is -1.54. The molecule has 4 nitrogen and oxygen atoms in total. The number of nitrogen functional groups attached to an aromatic ring is 1. The summed E-state index contributed by atoms with van der Waals surface area (Å²) in [5, 5.41) is 6.68. The molecule has 2 heterocycles. The maximum atomic E-state index is 6.23. The van der Waals surface area contributed by atoms with Gasteiger partial charge in [0.2, 0.25) is 0 Å². The van der Waals surface area contributed by atoms with Gasteiger partial charge >= 0.3 is 0 Å². The van der Waals surface area contributed by atoms with Gasteiger partial charge in [0.05, 0.1) is 15.6 Å². The molecule has 0 atom stereocenters. The normalized spacial score (nSPS) is 10.8. The second-order valence-electron chi connectivity index (χ2n) is 4.60. The van der Waals surface area contributed by atoms with Crippen LogP contribution in [0.1, 0.15) is 0 Å². The minimum Gasteiger partial charge on any atom is -0.497 e. The molecule has 0 saturated heterocycles. The number of halogens is 1. The maximum Gasteiger partial charge on any atom is 0.129 e. The van der Waals surface area contributed by atoms with Crippen LogP contribution in [0, 0.1) is 2.88 Å². The Morgan fingerprint density at radius 3 is 2.76 bits per heavy atom. The van der Waals surface area contributed by atoms with E-state index in [9.17, 15) is 0 Å². The molecular weight excluding hydrogens is 397 g/mol. The first-order valence-electron chi connectivity index (χ1n) is 6.31. The Labute approximate surface area is 140 Å². The highest BCUT2D eigenvalue weighted by molar-refractivity contribution is 14.1. The molecule has 1 aromatic carbocycles. The van der Waals surface area contributed by atoms with Crippen LogP contribution in [-0.4, -0.2) is 16.9 Å². The van der Waals surface area contributed by atoms with Crippen LogP contribution in [0.4, 0.5) is 5.82 Å². The molecule has 6 heteroatoms. The predicted octanol–water partition coefficient (Wildman–Crippen LogP) is 4.01. The molecule has 3 rings (SSSR count). The number of methoxy groups -OCH3 is 1. The van der Waals surface area contributed by atoms with Crippen molar-refractivity contribution in [3.63, 3.8) is 0 Å². The average molecular weight is 411 g/mol. The Balaban J connectivity index is 2.21. The quantitative estimate of drug-likeness (QED) is 0.663. The van der Waals surface area contributed by atoms with E-state index >= 15 is 0 Å². The van der Waals surface area contributed by atoms with Crippen molar-refractivity contribution in [1.29, 1.82) is 0 Å². The first-order chi connectivity index (χ1) is 10.1. The van der Waals surface area contributed by atoms with Gasteiger partial charge in [-0.2, -0.15) is 5.10 Å². The average Bonchev–Trinajstić information content (AvgIpc) is 3.04. The Morgan fingerprint density at radius 2 is 2.10 bits per heavy atom. The van der Waals surface area contributed by atoms with Crippen molar-refractivity contribution >= 4 is 39.7 Å². The lowest BCUT2D eigenvalue weighted by atomic mass is 10.0. The molecule has 0 fully saturated rings. The third kappa shape index (κ3) is 2.65. The minimum atomic E-state index is 0.652. The van der Waals surface area contributed by atoms with Gasteiger partial charge in [0.25, 0.3) is 0 Å². The van der Waals surface area contributed by atoms with Crippen molar-refractivity contribution in [1.82, 2.24) is 9.78 Å². The molecule has 0 aliphatic rings. The molecular formula is C15H14IN3OS. The van der Waals surface area contributed by atoms with Crippen molar-refractivity contribution in [2.24, 2.45) is 7.05 Å². The highest BCUT2D eigenvalue weighted by atomic mass is 127. The molecule has 108 valence electrons. The number of benzene rings is 1. The number of ether oxygens (including phenoxy) is 1. The highest BCUT2D eigenvalue weighted by Gasteiger charge is 2.18. The zero-order valence-electron chi connectivity index (χ0n) is 11.6. The van der Waals surface area contributed by atoms with Gasteiger partial charge in [0.15, 0.2) is 0 Å². The summed E-state index contributed by atoms with van der Waals surface area (Å²) in [5.41, 5.74) is 10.2. The van der Waals surface area contributed by atoms with Crippen molar-refractivity contribution in [2.75, 3.05) is 12.8 Å². The van der Waals surface area contributed by atoms with E-state index in [-0.39, 0.29) is 0 Å². The second kappa shape index (κ2) is 5.69. The van der Waals surface area contributed by atoms with Crippen LogP contribution >= 0.6 is 33.9 Å². The largest absolute Gasteiger partial charge is 0.497 e. The van der Waals surface area contributed by atoms with E-state index in [1.54, 1.807) is 23.1 Å². The van der Waals surface area contributed by atoms with Crippen molar-refractivity contribution in [2.45, 2.75) is 0 Å². The summed E-state index contributed by atoms with van der Waals surface area (Å²) in [4.78, 5) is 0. The molecule has 0 aliphatic carbocycles. The van der Waals surface area contributed by atoms with Crippen LogP contribution in [0.3, 0.4) is 0 Å². The Kier molecular flexibility index (Phi) is 3.90. The maximum absolute atomic E-state index is 6.23. The van der Waals surface area contributed by atoms with Crippen LogP contribution in [0.2, 0.25) is 0 Å². The number of rotatable bonds is 3. The van der Waals surface area contributed by atoms with E-state index < -0.39 is 0 Å². The topological polar surface area (TPSA) is 53.1 Å². The summed E-state index contributed by atoms with van der Waals surface area (Å²) < 4.78 is 8.25. The summed E-state index contributed by atoms with van der Waals surface area (Å²) in [6, 6.07) is 10.0. The highest BCUT2D eigenvalue weighted by Crippen LogP contribution is 2.38. The van der Waals surface area contributed by atoms with E-state index in [4.69, 9.17) is 10.5 Å². The number of nitrogens with two attached hydrogens (primary N) is 1. The molecule has 2 N–H and O–H groups in total. The summed E-state index contributed by atoms with van der Waals surface area (Å²) in [6.45, 7) is 0. The predicted molar refractivity (Wildman–Crippen MR) is 95.6 cm³/mol. The molecule has 0 bridgehead atoms. The van der Waals surface area contributed by atoms with Crippen LogP contribution in [0.5, 0.6) is 5.75 Å². The zero-order valence-corrected chi connectivity index (χ0v) is 14.6. The van der Waals surface area contributed by atoms with Gasteiger partial charge in [-0.3, -0.25) is 4.68 Å². The number of aromatic nitrogens is 2. The second-order valence-corrected chi connectivity index (χ2v) is 7.41. The molecule has 0 spiro atoms. The lowest BCUT2D eigenvalue weighted by Crippen LogP contribution is -1.98. The molecule has 0 saturated carbocycles. The lowest BCUT2D eigenvalue weighted by Gasteiger charge is -2.06. The van der Waals surface area contributed by atoms with Gasteiger partial charge in [0, 0.05) is 18.0 Å². The number of hydrogen-bond donors (Lipinski definition) is 1. The van der Waals surface area contributed by atoms with Crippen LogP contribution < -0.4 is 10.5 Å². The SMILES string of the molecule is COc1cccc(-c2c(-c3csc(I)c3)nn(C)c2N)c1. The van der Waals surface area contributed by atoms with Crippen LogP contribution in [-0.2, 0) is 7.05 Å². The van der Waals surface area contributed by atoms with Gasteiger partial charge in [-0.25, -0.2) is 0 Å². The number of anilines is 1. The molecule has 0 unspecified atom stereocenters. The fourth-order valence-electron chi connectivity index (χ4n) is 2.24. The van der Waals surface area contributed by atoms with Crippen molar-refractivity contribution < 1.29 is 4.74 Å². The summed E-state index contributed by atoms with van der Waals surface area (Å²) >= 11 is 4.01. The molecule has 21 heavy (non-hydrogen) atoms. The molecule has 0 amide bonds. The van der Waals surface area contributed by atoms with Crippen molar-refractivity contribution in [3.05, 3.63) is 38.6 Å². The van der Waals surface area contributed by atoms with Gasteiger partial charge < -0.3 is 10.5 Å². The van der Waals surface area contributed by atoms with E-state index in [1.165, 1.54) is 2.88 Å². The van der Waals surface area contributed by atoms with Crippen LogP contribution in [0.15, 0.2) is 35.7 Å². The lowest BCUT2D eigenvalue weighted by molar-refractivity contribution is 0.415. The van der Waals surface area contributed by atoms with Gasteiger partial charge in [-0.05, 0) is 46.4 Å². The van der Waals surface area contributed by atoms with Gasteiger partial charge in [-0.15, -0.1) is 11.3 Å². The fourth-order valence-corrected chi connectivity index (χ4v) is 3.57. The van der Waals surface area contributed by atoms with E-state index in [0.29, 0.717) is 5.82 Å². The number of thiophene rings is 1. The zero-order chi connectivity index (χ0) is 15.0. The number of hydrogen-bond acceptors (Lipinski definition) is 4. The van der Waals surface area contributed by atoms with Gasteiger partial charge in [0.1, 0.15) is 17.3 Å². The monoisotopic (exact) mass is 411 g/mol. The Bertz CT molecular complexity index is 794. The van der Waals surface area contributed by atoms with Gasteiger partial charge in [-0.1, -0.05) is 12.1 Å². The van der Waals surface area contributed by atoms with E-state index in [0.717, 1.165) is 28.1 Å². The van der Waals surface area contributed by atoms with E-state index in [2.05, 4.69) is 39.1 Å². The first-order valence-corrected chi connectivity index (χ1v) is 8.27. The Morgan fingerprint density at radius 1 is 1.29 bits per heavy atom. The molecule has 0 aliphatic heterocycles. The van der Waals surface area contributed by atoms with Crippen LogP contribution in [0.25, 0.3) is 22.4 Å². The smallest absolute Gasteiger partial charge is 0.129 e. The molecule has 2 aromatic heterocycles. The first kappa shape index (κ1) is 14.4. The standard InChI is InChI=1S/C15H14IN3OS/c1-19-15(17)13(9-4-3-5-11(6-9)20-2)14(18-19)10-7-12(16)21-8-10/h3-8H,17H2,1-2H3. The third-order valence-corrected chi connectivity index (χ3v) is 5.08.